The highest BCUT2D eigenvalue weighted by Gasteiger charge is 2.22. The summed E-state index contributed by atoms with van der Waals surface area (Å²) in [5, 5.41) is 8.66. The van der Waals surface area contributed by atoms with Gasteiger partial charge in [-0.05, 0) is 23.8 Å². The molecule has 0 fully saturated rings. The zero-order valence-corrected chi connectivity index (χ0v) is 13.5. The van der Waals surface area contributed by atoms with Gasteiger partial charge in [-0.25, -0.2) is 0 Å². The molecule has 2 aromatic carbocycles. The number of hydrogen-bond donors (Lipinski definition) is 1. The van der Waals surface area contributed by atoms with Gasteiger partial charge < -0.3 is 5.73 Å². The Bertz CT molecular complexity index is 822. The number of halogens is 1. The highest BCUT2D eigenvalue weighted by Crippen LogP contribution is 2.34. The molecule has 116 valence electrons. The van der Waals surface area contributed by atoms with E-state index in [2.05, 4.69) is 10.2 Å². The van der Waals surface area contributed by atoms with Gasteiger partial charge in [-0.3, -0.25) is 9.36 Å². The van der Waals surface area contributed by atoms with Gasteiger partial charge in [0, 0.05) is 5.02 Å². The van der Waals surface area contributed by atoms with Crippen LogP contribution in [0.5, 0.6) is 0 Å². The molecule has 0 bridgehead atoms. The summed E-state index contributed by atoms with van der Waals surface area (Å²) in [6.45, 7) is 0. The number of nitrogens with two attached hydrogens (primary N) is 1. The Morgan fingerprint density at radius 2 is 1.96 bits per heavy atom. The minimum absolute atomic E-state index is 0.429. The maximum absolute atomic E-state index is 11.9. The largest absolute Gasteiger partial charge is 0.368 e. The van der Waals surface area contributed by atoms with Crippen molar-refractivity contribution in [1.29, 1.82) is 0 Å². The number of rotatable bonds is 5. The lowest BCUT2D eigenvalue weighted by atomic mass is 10.1. The molecule has 1 heterocycles. The monoisotopic (exact) mass is 344 g/mol. The van der Waals surface area contributed by atoms with E-state index in [0.717, 1.165) is 11.3 Å². The van der Waals surface area contributed by atoms with Crippen molar-refractivity contribution in [3.05, 3.63) is 71.5 Å². The molecule has 5 nitrogen and oxygen atoms in total. The predicted octanol–water partition coefficient (Wildman–Crippen LogP) is 3.24. The summed E-state index contributed by atoms with van der Waals surface area (Å²) in [6.07, 6.45) is 1.58. The third kappa shape index (κ3) is 3.55. The molecule has 0 saturated carbocycles. The van der Waals surface area contributed by atoms with Gasteiger partial charge in [-0.15, -0.1) is 10.2 Å². The van der Waals surface area contributed by atoms with Crippen molar-refractivity contribution in [3.8, 4) is 5.69 Å². The van der Waals surface area contributed by atoms with Crippen LogP contribution in [0.3, 0.4) is 0 Å². The van der Waals surface area contributed by atoms with Crippen LogP contribution in [0.1, 0.15) is 10.8 Å². The van der Waals surface area contributed by atoms with Crippen LogP contribution in [0.25, 0.3) is 5.69 Å². The van der Waals surface area contributed by atoms with Gasteiger partial charge in [0.25, 0.3) is 0 Å². The summed E-state index contributed by atoms with van der Waals surface area (Å²) >= 11 is 7.29. The average Bonchev–Trinajstić information content (AvgIpc) is 3.01. The molecule has 23 heavy (non-hydrogen) atoms. The van der Waals surface area contributed by atoms with E-state index in [0.29, 0.717) is 10.2 Å². The summed E-state index contributed by atoms with van der Waals surface area (Å²) in [5.41, 5.74) is 7.21. The van der Waals surface area contributed by atoms with Crippen LogP contribution in [-0.4, -0.2) is 20.7 Å². The molecule has 3 aromatic rings. The fourth-order valence-electron chi connectivity index (χ4n) is 2.13. The molecule has 2 N–H and O–H groups in total. The highest BCUT2D eigenvalue weighted by molar-refractivity contribution is 8.00. The summed E-state index contributed by atoms with van der Waals surface area (Å²) in [4.78, 5) is 11.9. The molecule has 0 aliphatic rings. The van der Waals surface area contributed by atoms with E-state index in [-0.39, 0.29) is 0 Å². The number of benzene rings is 2. The van der Waals surface area contributed by atoms with Crippen molar-refractivity contribution >= 4 is 29.3 Å². The highest BCUT2D eigenvalue weighted by atomic mass is 35.5. The molecule has 1 atom stereocenters. The molecule has 0 saturated heterocycles. The SMILES string of the molecule is NC(=O)C(Sc1nncn1-c1cccc(Cl)c1)c1ccccc1. The van der Waals surface area contributed by atoms with Crippen molar-refractivity contribution in [2.24, 2.45) is 5.73 Å². The fraction of sp³-hybridized carbons (Fsp3) is 0.0625. The Morgan fingerprint density at radius 3 is 2.65 bits per heavy atom. The van der Waals surface area contributed by atoms with Crippen molar-refractivity contribution in [3.63, 3.8) is 0 Å². The van der Waals surface area contributed by atoms with E-state index < -0.39 is 11.2 Å². The van der Waals surface area contributed by atoms with E-state index in [1.54, 1.807) is 23.0 Å². The molecular weight excluding hydrogens is 332 g/mol. The fourth-order valence-corrected chi connectivity index (χ4v) is 3.30. The Labute approximate surface area is 142 Å². The normalized spacial score (nSPS) is 12.0. The van der Waals surface area contributed by atoms with Gasteiger partial charge in [0.05, 0.1) is 5.69 Å². The number of primary amides is 1. The summed E-state index contributed by atoms with van der Waals surface area (Å²) in [6, 6.07) is 16.7. The summed E-state index contributed by atoms with van der Waals surface area (Å²) < 4.78 is 1.77. The van der Waals surface area contributed by atoms with E-state index in [9.17, 15) is 4.79 Å². The predicted molar refractivity (Wildman–Crippen MR) is 90.6 cm³/mol. The zero-order chi connectivity index (χ0) is 16.2. The number of thioether (sulfide) groups is 1. The number of carbonyl (C=O) groups excluding carboxylic acids is 1. The molecule has 0 aliphatic carbocycles. The molecule has 3 rings (SSSR count). The molecular formula is C16H13ClN4OS. The van der Waals surface area contributed by atoms with Crippen molar-refractivity contribution in [2.75, 3.05) is 0 Å². The zero-order valence-electron chi connectivity index (χ0n) is 12.0. The topological polar surface area (TPSA) is 73.8 Å². The second-order valence-electron chi connectivity index (χ2n) is 4.77. The second-order valence-corrected chi connectivity index (χ2v) is 6.28. The molecule has 1 aromatic heterocycles. The van der Waals surface area contributed by atoms with Crippen LogP contribution in [0, 0.1) is 0 Å². The van der Waals surface area contributed by atoms with Crippen LogP contribution in [0.4, 0.5) is 0 Å². The Kier molecular flexibility index (Phi) is 4.64. The smallest absolute Gasteiger partial charge is 0.235 e. The lowest BCUT2D eigenvalue weighted by molar-refractivity contribution is -0.117. The maximum Gasteiger partial charge on any atom is 0.235 e. The standard InChI is InChI=1S/C16H13ClN4OS/c17-12-7-4-8-13(9-12)21-10-19-20-16(21)23-14(15(18)22)11-5-2-1-3-6-11/h1-10,14H,(H2,18,22). The van der Waals surface area contributed by atoms with Crippen LogP contribution in [0.15, 0.2) is 66.1 Å². The second kappa shape index (κ2) is 6.85. The van der Waals surface area contributed by atoms with Crippen LogP contribution in [0.2, 0.25) is 5.02 Å². The first-order chi connectivity index (χ1) is 11.1. The van der Waals surface area contributed by atoms with Crippen LogP contribution >= 0.6 is 23.4 Å². The molecule has 0 spiro atoms. The van der Waals surface area contributed by atoms with Crippen molar-refractivity contribution in [1.82, 2.24) is 14.8 Å². The average molecular weight is 345 g/mol. The van der Waals surface area contributed by atoms with Gasteiger partial charge in [-0.2, -0.15) is 0 Å². The summed E-state index contributed by atoms with van der Waals surface area (Å²) in [7, 11) is 0. The minimum atomic E-state index is -0.543. The maximum atomic E-state index is 11.9. The quantitative estimate of drug-likeness (QED) is 0.721. The van der Waals surface area contributed by atoms with E-state index in [1.807, 2.05) is 42.5 Å². The minimum Gasteiger partial charge on any atom is -0.368 e. The summed E-state index contributed by atoms with van der Waals surface area (Å²) in [5.74, 6) is -0.429. The first kappa shape index (κ1) is 15.6. The first-order valence-electron chi connectivity index (χ1n) is 6.82. The van der Waals surface area contributed by atoms with Gasteiger partial charge in [0.2, 0.25) is 5.91 Å². The van der Waals surface area contributed by atoms with Crippen LogP contribution < -0.4 is 5.73 Å². The van der Waals surface area contributed by atoms with E-state index in [1.165, 1.54) is 11.8 Å². The Hall–Kier alpha value is -2.31. The number of amides is 1. The molecule has 0 radical (unpaired) electrons. The number of nitrogens with zero attached hydrogens (tertiary/aromatic N) is 3. The lowest BCUT2D eigenvalue weighted by Crippen LogP contribution is -2.19. The van der Waals surface area contributed by atoms with E-state index >= 15 is 0 Å². The number of aromatic nitrogens is 3. The molecule has 1 amide bonds. The molecule has 7 heteroatoms. The van der Waals surface area contributed by atoms with Gasteiger partial charge in [0.15, 0.2) is 5.16 Å². The third-order valence-corrected chi connectivity index (χ3v) is 4.65. The van der Waals surface area contributed by atoms with E-state index in [4.69, 9.17) is 17.3 Å². The van der Waals surface area contributed by atoms with Crippen molar-refractivity contribution < 1.29 is 4.79 Å². The number of carbonyl (C=O) groups is 1. The Balaban J connectivity index is 1.94. The van der Waals surface area contributed by atoms with Gasteiger partial charge in [-0.1, -0.05) is 59.8 Å². The third-order valence-electron chi connectivity index (χ3n) is 3.19. The first-order valence-corrected chi connectivity index (χ1v) is 8.08. The number of hydrogen-bond acceptors (Lipinski definition) is 4. The Morgan fingerprint density at radius 1 is 1.17 bits per heavy atom. The lowest BCUT2D eigenvalue weighted by Gasteiger charge is -2.13. The van der Waals surface area contributed by atoms with Crippen LogP contribution in [-0.2, 0) is 4.79 Å². The van der Waals surface area contributed by atoms with Gasteiger partial charge in [0.1, 0.15) is 11.6 Å². The molecule has 0 aliphatic heterocycles. The van der Waals surface area contributed by atoms with Crippen molar-refractivity contribution in [2.45, 2.75) is 10.4 Å². The molecule has 1 unspecified atom stereocenters. The van der Waals surface area contributed by atoms with Gasteiger partial charge >= 0.3 is 0 Å².